The molecule has 0 spiro atoms. The van der Waals surface area contributed by atoms with Crippen LogP contribution in [0.4, 0.5) is 11.4 Å². The third-order valence-electron chi connectivity index (χ3n) is 2.86. The monoisotopic (exact) mass is 342 g/mol. The zero-order valence-electron chi connectivity index (χ0n) is 11.5. The van der Waals surface area contributed by atoms with Gasteiger partial charge in [0.05, 0.1) is 22.0 Å². The second-order valence-corrected chi connectivity index (χ2v) is 5.91. The van der Waals surface area contributed by atoms with E-state index < -0.39 is 0 Å². The number of halogens is 3. The molecule has 21 heavy (non-hydrogen) atoms. The highest BCUT2D eigenvalue weighted by molar-refractivity contribution is 6.36. The molecule has 3 nitrogen and oxygen atoms in total. The Morgan fingerprint density at radius 3 is 2.29 bits per heavy atom. The minimum Gasteiger partial charge on any atom is -0.376 e. The molecule has 1 amide bonds. The number of carbonyl (C=O) groups excluding carboxylic acids is 1. The first-order chi connectivity index (χ1) is 9.88. The van der Waals surface area contributed by atoms with Gasteiger partial charge in [0, 0.05) is 24.1 Å². The van der Waals surface area contributed by atoms with Gasteiger partial charge in [0.2, 0.25) is 0 Å². The minimum atomic E-state index is -0.340. The third-order valence-corrected chi connectivity index (χ3v) is 3.66. The lowest BCUT2D eigenvalue weighted by atomic mass is 10.2. The first kappa shape index (κ1) is 16.0. The van der Waals surface area contributed by atoms with E-state index in [1.54, 1.807) is 24.3 Å². The van der Waals surface area contributed by atoms with Crippen molar-refractivity contribution >= 4 is 52.1 Å². The fourth-order valence-corrected chi connectivity index (χ4v) is 2.41. The Bertz CT molecular complexity index is 687. The van der Waals surface area contributed by atoms with Crippen LogP contribution in [0.15, 0.2) is 36.4 Å². The number of nitrogens with one attached hydrogen (secondary N) is 1. The third kappa shape index (κ3) is 3.82. The van der Waals surface area contributed by atoms with Gasteiger partial charge in [-0.1, -0.05) is 34.8 Å². The number of amides is 1. The predicted molar refractivity (Wildman–Crippen MR) is 90.2 cm³/mol. The Labute approximate surface area is 138 Å². The molecule has 2 aromatic carbocycles. The van der Waals surface area contributed by atoms with Gasteiger partial charge < -0.3 is 10.2 Å². The van der Waals surface area contributed by atoms with Crippen molar-refractivity contribution in [2.24, 2.45) is 0 Å². The van der Waals surface area contributed by atoms with Crippen LogP contribution in [0.25, 0.3) is 0 Å². The number of nitrogens with zero attached hydrogens (tertiary/aromatic N) is 1. The van der Waals surface area contributed by atoms with E-state index in [1.807, 2.05) is 25.1 Å². The number of rotatable bonds is 3. The lowest BCUT2D eigenvalue weighted by Gasteiger charge is -2.18. The SMILES string of the molecule is CN(C)c1ccc(Cl)cc1NC(=O)c1cc(Cl)ccc1Cl. The molecule has 0 bridgehead atoms. The molecule has 0 saturated heterocycles. The average molecular weight is 344 g/mol. The van der Waals surface area contributed by atoms with Crippen LogP contribution < -0.4 is 10.2 Å². The summed E-state index contributed by atoms with van der Waals surface area (Å²) in [6.07, 6.45) is 0. The van der Waals surface area contributed by atoms with Crippen molar-refractivity contribution in [3.8, 4) is 0 Å². The highest BCUT2D eigenvalue weighted by Gasteiger charge is 2.14. The maximum Gasteiger partial charge on any atom is 0.257 e. The van der Waals surface area contributed by atoms with Gasteiger partial charge in [-0.3, -0.25) is 4.79 Å². The van der Waals surface area contributed by atoms with Gasteiger partial charge in [-0.2, -0.15) is 0 Å². The first-order valence-electron chi connectivity index (χ1n) is 6.12. The fraction of sp³-hybridized carbons (Fsp3) is 0.133. The van der Waals surface area contributed by atoms with Crippen LogP contribution in [-0.2, 0) is 0 Å². The summed E-state index contributed by atoms with van der Waals surface area (Å²) in [7, 11) is 3.76. The van der Waals surface area contributed by atoms with Gasteiger partial charge in [0.1, 0.15) is 0 Å². The molecule has 110 valence electrons. The zero-order chi connectivity index (χ0) is 15.6. The molecule has 0 aliphatic rings. The number of carbonyl (C=O) groups is 1. The summed E-state index contributed by atoms with van der Waals surface area (Å²) in [4.78, 5) is 14.2. The van der Waals surface area contributed by atoms with Crippen molar-refractivity contribution < 1.29 is 4.79 Å². The standard InChI is InChI=1S/C15H13Cl3N2O/c1-20(2)14-6-4-10(17)8-13(14)19-15(21)11-7-9(16)3-5-12(11)18/h3-8H,1-2H3,(H,19,21). The first-order valence-corrected chi connectivity index (χ1v) is 7.25. The van der Waals surface area contributed by atoms with E-state index in [1.165, 1.54) is 6.07 Å². The van der Waals surface area contributed by atoms with E-state index in [9.17, 15) is 4.79 Å². The summed E-state index contributed by atoms with van der Waals surface area (Å²) in [6.45, 7) is 0. The van der Waals surface area contributed by atoms with Crippen molar-refractivity contribution in [2.75, 3.05) is 24.3 Å². The average Bonchev–Trinajstić information content (AvgIpc) is 2.41. The van der Waals surface area contributed by atoms with Gasteiger partial charge in [-0.05, 0) is 36.4 Å². The van der Waals surface area contributed by atoms with E-state index in [-0.39, 0.29) is 5.91 Å². The maximum absolute atomic E-state index is 12.4. The molecule has 0 unspecified atom stereocenters. The van der Waals surface area contributed by atoms with Crippen molar-refractivity contribution in [2.45, 2.75) is 0 Å². The summed E-state index contributed by atoms with van der Waals surface area (Å²) < 4.78 is 0. The summed E-state index contributed by atoms with van der Waals surface area (Å²) in [5.74, 6) is -0.340. The Kier molecular flexibility index (Phi) is 4.99. The van der Waals surface area contributed by atoms with Crippen LogP contribution >= 0.6 is 34.8 Å². The summed E-state index contributed by atoms with van der Waals surface area (Å²) >= 11 is 17.9. The zero-order valence-corrected chi connectivity index (χ0v) is 13.7. The fourth-order valence-electron chi connectivity index (χ4n) is 1.86. The number of benzene rings is 2. The van der Waals surface area contributed by atoms with Crippen molar-refractivity contribution in [1.29, 1.82) is 0 Å². The summed E-state index contributed by atoms with van der Waals surface area (Å²) in [5.41, 5.74) is 1.76. The van der Waals surface area contributed by atoms with Crippen LogP contribution in [0, 0.1) is 0 Å². The van der Waals surface area contributed by atoms with Gasteiger partial charge in [-0.25, -0.2) is 0 Å². The molecule has 0 aliphatic carbocycles. The smallest absolute Gasteiger partial charge is 0.257 e. The normalized spacial score (nSPS) is 10.3. The maximum atomic E-state index is 12.4. The van der Waals surface area contributed by atoms with Gasteiger partial charge in [-0.15, -0.1) is 0 Å². The molecule has 0 aliphatic heterocycles. The van der Waals surface area contributed by atoms with Gasteiger partial charge in [0.15, 0.2) is 0 Å². The molecule has 0 heterocycles. The molecular weight excluding hydrogens is 331 g/mol. The summed E-state index contributed by atoms with van der Waals surface area (Å²) in [5, 5.41) is 4.13. The summed E-state index contributed by atoms with van der Waals surface area (Å²) in [6, 6.07) is 10.0. The molecular formula is C15H13Cl3N2O. The molecule has 2 rings (SSSR count). The van der Waals surface area contributed by atoms with Crippen LogP contribution in [0.3, 0.4) is 0 Å². The second-order valence-electron chi connectivity index (χ2n) is 4.63. The highest BCUT2D eigenvalue weighted by Crippen LogP contribution is 2.29. The van der Waals surface area contributed by atoms with Crippen LogP contribution in [-0.4, -0.2) is 20.0 Å². The van der Waals surface area contributed by atoms with Gasteiger partial charge >= 0.3 is 0 Å². The Balaban J connectivity index is 2.35. The van der Waals surface area contributed by atoms with Crippen LogP contribution in [0.5, 0.6) is 0 Å². The molecule has 0 fully saturated rings. The van der Waals surface area contributed by atoms with Crippen molar-refractivity contribution in [1.82, 2.24) is 0 Å². The van der Waals surface area contributed by atoms with E-state index in [0.29, 0.717) is 26.3 Å². The molecule has 0 radical (unpaired) electrons. The molecule has 1 N–H and O–H groups in total. The molecule has 0 atom stereocenters. The molecule has 0 saturated carbocycles. The topological polar surface area (TPSA) is 32.3 Å². The lowest BCUT2D eigenvalue weighted by molar-refractivity contribution is 0.102. The van der Waals surface area contributed by atoms with Gasteiger partial charge in [0.25, 0.3) is 5.91 Å². The number of hydrogen-bond donors (Lipinski definition) is 1. The minimum absolute atomic E-state index is 0.314. The second kappa shape index (κ2) is 6.56. The van der Waals surface area contributed by atoms with Crippen LogP contribution in [0.2, 0.25) is 15.1 Å². The van der Waals surface area contributed by atoms with E-state index in [0.717, 1.165) is 5.69 Å². The Hall–Kier alpha value is -1.42. The highest BCUT2D eigenvalue weighted by atomic mass is 35.5. The van der Waals surface area contributed by atoms with Crippen LogP contribution in [0.1, 0.15) is 10.4 Å². The van der Waals surface area contributed by atoms with E-state index >= 15 is 0 Å². The lowest BCUT2D eigenvalue weighted by Crippen LogP contribution is -2.17. The van der Waals surface area contributed by atoms with Crippen molar-refractivity contribution in [3.05, 3.63) is 57.0 Å². The predicted octanol–water partition coefficient (Wildman–Crippen LogP) is 4.97. The Morgan fingerprint density at radius 2 is 1.62 bits per heavy atom. The molecule has 6 heteroatoms. The largest absolute Gasteiger partial charge is 0.376 e. The Morgan fingerprint density at radius 1 is 1.00 bits per heavy atom. The van der Waals surface area contributed by atoms with E-state index in [2.05, 4.69) is 5.32 Å². The van der Waals surface area contributed by atoms with E-state index in [4.69, 9.17) is 34.8 Å². The number of anilines is 2. The van der Waals surface area contributed by atoms with Crippen molar-refractivity contribution in [3.63, 3.8) is 0 Å². The molecule has 2 aromatic rings. The quantitative estimate of drug-likeness (QED) is 0.853. The number of hydrogen-bond acceptors (Lipinski definition) is 2. The molecule has 0 aromatic heterocycles.